The van der Waals surface area contributed by atoms with Crippen molar-refractivity contribution >= 4 is 10.1 Å². The predicted octanol–water partition coefficient (Wildman–Crippen LogP) is 2.29. The van der Waals surface area contributed by atoms with E-state index in [0.717, 1.165) is 6.92 Å². The van der Waals surface area contributed by atoms with E-state index < -0.39 is 15.1 Å². The van der Waals surface area contributed by atoms with Gasteiger partial charge in [0.25, 0.3) is 0 Å². The van der Waals surface area contributed by atoms with Gasteiger partial charge in [0.05, 0.1) is 0 Å². The van der Waals surface area contributed by atoms with Gasteiger partial charge >= 0.3 is 0 Å². The van der Waals surface area contributed by atoms with Crippen LogP contribution in [0.5, 0.6) is 0 Å². The average Bonchev–Trinajstić information content (AvgIpc) is 1.61. The summed E-state index contributed by atoms with van der Waals surface area (Å²) in [5.74, 6) is 0. The van der Waals surface area contributed by atoms with Crippen LogP contribution in [-0.2, 0) is 10.1 Å². The van der Waals surface area contributed by atoms with Gasteiger partial charge in [-0.1, -0.05) is 28.2 Å². The van der Waals surface area contributed by atoms with E-state index in [9.17, 15) is 17.4 Å². The van der Waals surface area contributed by atoms with Crippen molar-refractivity contribution in [3.05, 3.63) is 0 Å². The molecule has 12 heavy (non-hydrogen) atoms. The highest BCUT2D eigenvalue weighted by molar-refractivity contribution is 7.86. The molecule has 0 saturated carbocycles. The van der Waals surface area contributed by atoms with Crippen LogP contribution in [0.15, 0.2) is 0 Å². The van der Waals surface area contributed by atoms with Gasteiger partial charge in [-0.2, -0.15) is 0 Å². The Balaban J connectivity index is -0.000000405. The molecule has 78 valence electrons. The van der Waals surface area contributed by atoms with Crippen molar-refractivity contribution in [3.63, 3.8) is 0 Å². The molecule has 0 aromatic rings. The largest absolute Gasteiger partial charge is 0.745 e. The van der Waals surface area contributed by atoms with E-state index in [1.807, 2.05) is 0 Å². The zero-order valence-corrected chi connectivity index (χ0v) is 6.74. The first kappa shape index (κ1) is 17.8. The standard InChI is InChI=1S/C5H11FO3S.2CH4/c1-3-4-5(2,6)10(7,8)9;;/h3-4H2,1-2H3,(H,7,8,9);2*1H4/p-1. The van der Waals surface area contributed by atoms with Gasteiger partial charge in [0.15, 0.2) is 5.00 Å². The summed E-state index contributed by atoms with van der Waals surface area (Å²) in [6, 6.07) is 0. The highest BCUT2D eigenvalue weighted by atomic mass is 32.2. The maximum atomic E-state index is 12.7. The van der Waals surface area contributed by atoms with Crippen LogP contribution >= 0.6 is 0 Å². The summed E-state index contributed by atoms with van der Waals surface area (Å²) < 4.78 is 43.0. The molecule has 1 atom stereocenters. The van der Waals surface area contributed by atoms with Gasteiger partial charge < -0.3 is 4.55 Å². The second kappa shape index (κ2) is 5.48. The van der Waals surface area contributed by atoms with Crippen LogP contribution in [-0.4, -0.2) is 18.0 Å². The third kappa shape index (κ3) is 4.66. The van der Waals surface area contributed by atoms with E-state index >= 15 is 0 Å². The topological polar surface area (TPSA) is 57.2 Å². The number of alkyl halides is 1. The van der Waals surface area contributed by atoms with Crippen LogP contribution in [0.3, 0.4) is 0 Å². The maximum Gasteiger partial charge on any atom is 0.196 e. The molecule has 0 aromatic heterocycles. The minimum atomic E-state index is -4.78. The fraction of sp³-hybridized carbons (Fsp3) is 1.00. The molecular formula is C7H18FO3S-. The molecule has 3 nitrogen and oxygen atoms in total. The summed E-state index contributed by atoms with van der Waals surface area (Å²) in [7, 11) is -4.78. The van der Waals surface area contributed by atoms with Crippen LogP contribution in [0.2, 0.25) is 0 Å². The van der Waals surface area contributed by atoms with Crippen LogP contribution in [0.25, 0.3) is 0 Å². The Kier molecular flexibility index (Phi) is 8.13. The van der Waals surface area contributed by atoms with E-state index in [2.05, 4.69) is 0 Å². The molecule has 0 fully saturated rings. The molecule has 0 aliphatic carbocycles. The Morgan fingerprint density at radius 1 is 1.42 bits per heavy atom. The molecule has 0 amide bonds. The molecule has 0 spiro atoms. The van der Waals surface area contributed by atoms with Crippen LogP contribution in [0.1, 0.15) is 41.5 Å². The van der Waals surface area contributed by atoms with Crippen molar-refractivity contribution in [3.8, 4) is 0 Å². The second-order valence-electron chi connectivity index (χ2n) is 2.31. The smallest absolute Gasteiger partial charge is 0.196 e. The average molecular weight is 201 g/mol. The van der Waals surface area contributed by atoms with Crippen molar-refractivity contribution in [2.75, 3.05) is 0 Å². The molecule has 0 aliphatic heterocycles. The molecule has 0 aliphatic rings. The molecule has 0 rings (SSSR count). The van der Waals surface area contributed by atoms with Crippen LogP contribution in [0.4, 0.5) is 4.39 Å². The van der Waals surface area contributed by atoms with Gasteiger partial charge in [-0.3, -0.25) is 0 Å². The normalized spacial score (nSPS) is 15.3. The lowest BCUT2D eigenvalue weighted by Gasteiger charge is -2.22. The predicted molar refractivity (Wildman–Crippen MR) is 47.6 cm³/mol. The minimum absolute atomic E-state index is 0. The highest BCUT2D eigenvalue weighted by Crippen LogP contribution is 2.22. The van der Waals surface area contributed by atoms with Gasteiger partial charge in [-0.15, -0.1) is 0 Å². The third-order valence-electron chi connectivity index (χ3n) is 1.22. The molecule has 0 heterocycles. The second-order valence-corrected chi connectivity index (χ2v) is 4.07. The molecule has 0 saturated heterocycles. The summed E-state index contributed by atoms with van der Waals surface area (Å²) in [6.07, 6.45) is 0.104. The summed E-state index contributed by atoms with van der Waals surface area (Å²) in [5.41, 5.74) is 0. The summed E-state index contributed by atoms with van der Waals surface area (Å²) in [5, 5.41) is -2.60. The van der Waals surface area contributed by atoms with E-state index in [0.29, 0.717) is 6.42 Å². The van der Waals surface area contributed by atoms with E-state index in [1.165, 1.54) is 0 Å². The van der Waals surface area contributed by atoms with Crippen molar-refractivity contribution in [2.45, 2.75) is 46.5 Å². The first-order valence-electron chi connectivity index (χ1n) is 2.95. The van der Waals surface area contributed by atoms with Crippen molar-refractivity contribution in [1.29, 1.82) is 0 Å². The van der Waals surface area contributed by atoms with E-state index in [4.69, 9.17) is 0 Å². The van der Waals surface area contributed by atoms with E-state index in [-0.39, 0.29) is 21.3 Å². The van der Waals surface area contributed by atoms with Crippen molar-refractivity contribution in [1.82, 2.24) is 0 Å². The molecule has 1 unspecified atom stereocenters. The van der Waals surface area contributed by atoms with Crippen LogP contribution in [0, 0.1) is 0 Å². The number of rotatable bonds is 3. The van der Waals surface area contributed by atoms with Gasteiger partial charge in [-0.25, -0.2) is 12.8 Å². The lowest BCUT2D eigenvalue weighted by atomic mass is 10.2. The molecule has 0 N–H and O–H groups in total. The quantitative estimate of drug-likeness (QED) is 0.658. The fourth-order valence-corrected chi connectivity index (χ4v) is 1.03. The van der Waals surface area contributed by atoms with Gasteiger partial charge in [0.1, 0.15) is 10.1 Å². The monoisotopic (exact) mass is 201 g/mol. The van der Waals surface area contributed by atoms with Crippen LogP contribution < -0.4 is 0 Å². The summed E-state index contributed by atoms with van der Waals surface area (Å²) in [4.78, 5) is 0. The zero-order valence-electron chi connectivity index (χ0n) is 5.93. The van der Waals surface area contributed by atoms with Crippen molar-refractivity contribution in [2.24, 2.45) is 0 Å². The molecular weight excluding hydrogens is 183 g/mol. The molecule has 0 bridgehead atoms. The van der Waals surface area contributed by atoms with Gasteiger partial charge in [0, 0.05) is 0 Å². The SMILES string of the molecule is C.C.CCCC(C)(F)S(=O)(=O)[O-]. The molecule has 5 heteroatoms. The Morgan fingerprint density at radius 3 is 1.83 bits per heavy atom. The molecule has 0 aromatic carbocycles. The maximum absolute atomic E-state index is 12.7. The lowest BCUT2D eigenvalue weighted by Crippen LogP contribution is -2.29. The Morgan fingerprint density at radius 2 is 1.75 bits per heavy atom. The Bertz CT molecular complexity index is 197. The molecule has 0 radical (unpaired) electrons. The van der Waals surface area contributed by atoms with Gasteiger partial charge in [-0.05, 0) is 13.3 Å². The van der Waals surface area contributed by atoms with E-state index in [1.54, 1.807) is 6.92 Å². The number of hydrogen-bond donors (Lipinski definition) is 0. The van der Waals surface area contributed by atoms with Crippen molar-refractivity contribution < 1.29 is 17.4 Å². The lowest BCUT2D eigenvalue weighted by molar-refractivity contribution is 0.246. The Labute approximate surface area is 74.7 Å². The zero-order chi connectivity index (χ0) is 8.41. The fourth-order valence-electron chi connectivity index (χ4n) is 0.572. The first-order chi connectivity index (χ1) is 4.31. The minimum Gasteiger partial charge on any atom is -0.745 e. The summed E-state index contributed by atoms with van der Waals surface area (Å²) in [6.45, 7) is 2.40. The number of hydrogen-bond acceptors (Lipinski definition) is 3. The number of halogens is 1. The van der Waals surface area contributed by atoms with Gasteiger partial charge in [0.2, 0.25) is 0 Å². The summed E-state index contributed by atoms with van der Waals surface area (Å²) >= 11 is 0. The highest BCUT2D eigenvalue weighted by Gasteiger charge is 2.29. The first-order valence-corrected chi connectivity index (χ1v) is 4.36. The third-order valence-corrected chi connectivity index (χ3v) is 2.46. The Hall–Kier alpha value is -0.160.